The maximum atomic E-state index is 13.8. The topological polar surface area (TPSA) is 115 Å². The predicted molar refractivity (Wildman–Crippen MR) is 184 cm³/mol. The van der Waals surface area contributed by atoms with Gasteiger partial charge in [-0.1, -0.05) is 18.2 Å². The molecule has 6 rings (SSSR count). The summed E-state index contributed by atoms with van der Waals surface area (Å²) in [7, 11) is 3.25. The Morgan fingerprint density at radius 1 is 0.958 bits per heavy atom. The van der Waals surface area contributed by atoms with Gasteiger partial charge in [-0.25, -0.2) is 4.98 Å². The number of aromatic amines is 1. The van der Waals surface area contributed by atoms with Crippen LogP contribution in [0.5, 0.6) is 11.5 Å². The van der Waals surface area contributed by atoms with Crippen LogP contribution in [0, 0.1) is 0 Å². The fourth-order valence-electron chi connectivity index (χ4n) is 6.27. The van der Waals surface area contributed by atoms with E-state index in [1.807, 2.05) is 58.6 Å². The Kier molecular flexibility index (Phi) is 10.2. The Hall–Kier alpha value is -5.32. The summed E-state index contributed by atoms with van der Waals surface area (Å²) >= 11 is 0. The van der Waals surface area contributed by atoms with E-state index in [0.29, 0.717) is 75.7 Å². The molecule has 0 saturated heterocycles. The van der Waals surface area contributed by atoms with Crippen LogP contribution in [0.3, 0.4) is 0 Å². The number of nitrogens with one attached hydrogen (secondary N) is 1. The number of methoxy groups -OCH3 is 1. The largest absolute Gasteiger partial charge is 0.493 e. The average Bonchev–Trinajstić information content (AvgIpc) is 3.75. The number of carbonyl (C=O) groups is 2. The normalized spacial score (nSPS) is 14.6. The van der Waals surface area contributed by atoms with Crippen molar-refractivity contribution in [2.45, 2.75) is 38.6 Å². The average molecular weight is 651 g/mol. The second-order valence-corrected chi connectivity index (χ2v) is 12.1. The standard InChI is InChI=1S/C37H42N6O5/c1-40-26-29(12-14-34(40)44)37(46)43-18-6-5-17-41(35(45)15-11-28-25-39-31-9-4-3-8-30(28)31)21-22-42-20-16-38-36(42)27-10-13-32(47-2)33(24-27)48-23-7-19-43/h3-4,8-10,12-14,16,20,24-26,39H,5-7,11,15,17-19,21-23H2,1-2H3. The second-order valence-electron chi connectivity index (χ2n) is 12.1. The summed E-state index contributed by atoms with van der Waals surface area (Å²) in [6.45, 7) is 3.05. The van der Waals surface area contributed by atoms with Crippen molar-refractivity contribution in [1.82, 2.24) is 28.9 Å². The maximum Gasteiger partial charge on any atom is 0.255 e. The van der Waals surface area contributed by atoms with Crippen LogP contribution in [0.15, 0.2) is 84.2 Å². The van der Waals surface area contributed by atoms with Gasteiger partial charge in [-0.2, -0.15) is 0 Å². The smallest absolute Gasteiger partial charge is 0.255 e. The number of ether oxygens (including phenoxy) is 2. The van der Waals surface area contributed by atoms with Gasteiger partial charge in [-0.15, -0.1) is 0 Å². The Bertz CT molecular complexity index is 1940. The van der Waals surface area contributed by atoms with E-state index in [4.69, 9.17) is 9.47 Å². The van der Waals surface area contributed by atoms with Crippen molar-refractivity contribution < 1.29 is 19.1 Å². The molecule has 0 spiro atoms. The van der Waals surface area contributed by atoms with Crippen LogP contribution in [0.1, 0.15) is 41.6 Å². The first-order chi connectivity index (χ1) is 23.4. The summed E-state index contributed by atoms with van der Waals surface area (Å²) in [5.41, 5.74) is 3.37. The number of benzene rings is 2. The van der Waals surface area contributed by atoms with E-state index in [-0.39, 0.29) is 17.4 Å². The molecule has 3 aromatic heterocycles. The number of hydrogen-bond donors (Lipinski definition) is 1. The monoisotopic (exact) mass is 650 g/mol. The first-order valence-corrected chi connectivity index (χ1v) is 16.5. The number of para-hydroxylation sites is 1. The molecule has 1 aliphatic heterocycles. The lowest BCUT2D eigenvalue weighted by atomic mass is 10.1. The number of aryl methyl sites for hydroxylation is 2. The molecule has 11 heteroatoms. The number of fused-ring (bicyclic) bond motifs is 5. The van der Waals surface area contributed by atoms with E-state index < -0.39 is 0 Å². The molecule has 0 atom stereocenters. The zero-order chi connectivity index (χ0) is 33.5. The summed E-state index contributed by atoms with van der Waals surface area (Å²) in [5, 5.41) is 1.14. The molecule has 0 aliphatic carbocycles. The van der Waals surface area contributed by atoms with Crippen LogP contribution in [-0.2, 0) is 24.8 Å². The number of carbonyl (C=O) groups excluding carboxylic acids is 2. The molecular weight excluding hydrogens is 608 g/mol. The molecule has 250 valence electrons. The highest BCUT2D eigenvalue weighted by Crippen LogP contribution is 2.32. The zero-order valence-electron chi connectivity index (χ0n) is 27.6. The molecular formula is C37H42N6O5. The number of nitrogens with zero attached hydrogens (tertiary/aromatic N) is 5. The first kappa shape index (κ1) is 32.6. The van der Waals surface area contributed by atoms with E-state index in [0.717, 1.165) is 40.7 Å². The van der Waals surface area contributed by atoms with Gasteiger partial charge in [-0.05, 0) is 61.6 Å². The van der Waals surface area contributed by atoms with Crippen molar-refractivity contribution in [2.24, 2.45) is 7.05 Å². The zero-order valence-corrected chi connectivity index (χ0v) is 27.6. The van der Waals surface area contributed by atoms with Gasteiger partial charge in [0.15, 0.2) is 11.5 Å². The third-order valence-corrected chi connectivity index (χ3v) is 8.94. The van der Waals surface area contributed by atoms with E-state index in [1.54, 1.807) is 32.6 Å². The minimum absolute atomic E-state index is 0.0955. The molecule has 2 bridgehead atoms. The first-order valence-electron chi connectivity index (χ1n) is 16.5. The number of aromatic nitrogens is 4. The maximum absolute atomic E-state index is 13.8. The van der Waals surface area contributed by atoms with Gasteiger partial charge in [-0.3, -0.25) is 14.4 Å². The molecule has 2 aromatic carbocycles. The molecule has 0 radical (unpaired) electrons. The molecule has 0 fully saturated rings. The summed E-state index contributed by atoms with van der Waals surface area (Å²) in [4.78, 5) is 51.1. The molecule has 48 heavy (non-hydrogen) atoms. The van der Waals surface area contributed by atoms with Crippen molar-refractivity contribution in [3.05, 3.63) is 101 Å². The third-order valence-electron chi connectivity index (χ3n) is 8.94. The molecule has 1 N–H and O–H groups in total. The van der Waals surface area contributed by atoms with Crippen molar-refractivity contribution in [3.8, 4) is 22.9 Å². The van der Waals surface area contributed by atoms with Gasteiger partial charge in [0.05, 0.1) is 19.3 Å². The molecule has 2 amide bonds. The fraction of sp³-hybridized carbons (Fsp3) is 0.351. The molecule has 0 unspecified atom stereocenters. The third kappa shape index (κ3) is 7.46. The van der Waals surface area contributed by atoms with Gasteiger partial charge < -0.3 is 33.4 Å². The van der Waals surface area contributed by atoms with Crippen LogP contribution in [0.4, 0.5) is 0 Å². The number of imidazole rings is 1. The second kappa shape index (κ2) is 15.1. The van der Waals surface area contributed by atoms with Crippen LogP contribution in [-0.4, -0.2) is 80.6 Å². The number of pyridine rings is 1. The number of amides is 2. The number of rotatable bonds is 5. The Morgan fingerprint density at radius 2 is 1.77 bits per heavy atom. The Labute approximate surface area is 279 Å². The molecule has 11 nitrogen and oxygen atoms in total. The lowest BCUT2D eigenvalue weighted by molar-refractivity contribution is -0.131. The predicted octanol–water partition coefficient (Wildman–Crippen LogP) is 4.91. The van der Waals surface area contributed by atoms with Gasteiger partial charge >= 0.3 is 0 Å². The quantitative estimate of drug-likeness (QED) is 0.289. The van der Waals surface area contributed by atoms with Gasteiger partial charge in [0.1, 0.15) is 5.82 Å². The van der Waals surface area contributed by atoms with Crippen molar-refractivity contribution in [3.63, 3.8) is 0 Å². The van der Waals surface area contributed by atoms with E-state index in [1.165, 1.54) is 10.6 Å². The Balaban J connectivity index is 1.23. The highest BCUT2D eigenvalue weighted by Gasteiger charge is 2.20. The highest BCUT2D eigenvalue weighted by atomic mass is 16.5. The number of H-pyrrole nitrogens is 1. The van der Waals surface area contributed by atoms with E-state index in [9.17, 15) is 14.4 Å². The van der Waals surface area contributed by atoms with Crippen molar-refractivity contribution >= 4 is 22.7 Å². The van der Waals surface area contributed by atoms with Crippen molar-refractivity contribution in [2.75, 3.05) is 39.9 Å². The summed E-state index contributed by atoms with van der Waals surface area (Å²) in [5.74, 6) is 1.95. The number of hydrogen-bond acceptors (Lipinski definition) is 6. The lowest BCUT2D eigenvalue weighted by Crippen LogP contribution is -2.37. The van der Waals surface area contributed by atoms with Gasteiger partial charge in [0.2, 0.25) is 11.5 Å². The minimum atomic E-state index is -0.170. The fourth-order valence-corrected chi connectivity index (χ4v) is 6.27. The van der Waals surface area contributed by atoms with Crippen LogP contribution in [0.25, 0.3) is 22.3 Å². The molecule has 5 aromatic rings. The minimum Gasteiger partial charge on any atom is -0.493 e. The molecule has 1 aliphatic rings. The summed E-state index contributed by atoms with van der Waals surface area (Å²) in [6, 6.07) is 16.9. The van der Waals surface area contributed by atoms with E-state index in [2.05, 4.69) is 20.6 Å². The van der Waals surface area contributed by atoms with Crippen molar-refractivity contribution in [1.29, 1.82) is 0 Å². The van der Waals surface area contributed by atoms with Gasteiger partial charge in [0, 0.05) is 93.5 Å². The highest BCUT2D eigenvalue weighted by molar-refractivity contribution is 5.94. The Morgan fingerprint density at radius 3 is 2.60 bits per heavy atom. The molecule has 4 heterocycles. The summed E-state index contributed by atoms with van der Waals surface area (Å²) < 4.78 is 15.2. The van der Waals surface area contributed by atoms with Crippen LogP contribution >= 0.6 is 0 Å². The van der Waals surface area contributed by atoms with Crippen LogP contribution < -0.4 is 15.0 Å². The van der Waals surface area contributed by atoms with Gasteiger partial charge in [0.25, 0.3) is 5.91 Å². The summed E-state index contributed by atoms with van der Waals surface area (Å²) in [6.07, 6.45) is 10.4. The van der Waals surface area contributed by atoms with Crippen LogP contribution in [0.2, 0.25) is 0 Å². The SMILES string of the molecule is COc1ccc2cc1OCCCN(C(=O)c1ccc(=O)n(C)c1)CCCCN(C(=O)CCc1c[nH]c3ccccc13)CCn1ccnc1-2. The van der Waals surface area contributed by atoms with E-state index >= 15 is 0 Å². The molecule has 0 saturated carbocycles. The lowest BCUT2D eigenvalue weighted by Gasteiger charge is -2.26.